The van der Waals surface area contributed by atoms with E-state index < -0.39 is 0 Å². The Morgan fingerprint density at radius 3 is 2.92 bits per heavy atom. The number of nitrogens with one attached hydrogen (secondary N) is 1. The number of hydrogen-bond acceptors (Lipinski definition) is 6. The number of amides is 1. The van der Waals surface area contributed by atoms with Crippen LogP contribution in [0.25, 0.3) is 22.6 Å². The molecule has 0 aliphatic rings. The summed E-state index contributed by atoms with van der Waals surface area (Å²) in [5, 5.41) is 9.57. The molecule has 0 aromatic carbocycles. The normalized spacial score (nSPS) is 12.4. The van der Waals surface area contributed by atoms with E-state index in [1.165, 1.54) is 0 Å². The number of pyridine rings is 1. The van der Waals surface area contributed by atoms with Crippen LogP contribution in [-0.2, 0) is 0 Å². The summed E-state index contributed by atoms with van der Waals surface area (Å²) in [6, 6.07) is 9.13. The highest BCUT2D eigenvalue weighted by molar-refractivity contribution is 7.10. The van der Waals surface area contributed by atoms with Crippen molar-refractivity contribution in [1.29, 1.82) is 0 Å². The van der Waals surface area contributed by atoms with Gasteiger partial charge in [-0.25, -0.2) is 4.98 Å². The summed E-state index contributed by atoms with van der Waals surface area (Å²) < 4.78 is 10.7. The first kappa shape index (κ1) is 15.6. The molecule has 0 fully saturated rings. The van der Waals surface area contributed by atoms with Gasteiger partial charge in [0.2, 0.25) is 0 Å². The fourth-order valence-electron chi connectivity index (χ4n) is 2.71. The van der Waals surface area contributed by atoms with Crippen LogP contribution in [0.4, 0.5) is 0 Å². The molecule has 0 saturated carbocycles. The van der Waals surface area contributed by atoms with E-state index in [1.54, 1.807) is 42.7 Å². The van der Waals surface area contributed by atoms with Crippen LogP contribution in [-0.4, -0.2) is 16.0 Å². The monoisotopic (exact) mass is 353 g/mol. The van der Waals surface area contributed by atoms with Crippen LogP contribution in [0.3, 0.4) is 0 Å². The van der Waals surface area contributed by atoms with E-state index >= 15 is 0 Å². The Morgan fingerprint density at radius 1 is 1.32 bits per heavy atom. The number of rotatable bonds is 4. The molecule has 1 unspecified atom stereocenters. The molecule has 0 bridgehead atoms. The number of thiophene rings is 1. The van der Waals surface area contributed by atoms with Gasteiger partial charge in [0.25, 0.3) is 11.6 Å². The molecule has 7 heteroatoms. The second-order valence-corrected chi connectivity index (χ2v) is 6.67. The predicted octanol–water partition coefficient (Wildman–Crippen LogP) is 4.34. The van der Waals surface area contributed by atoms with Crippen molar-refractivity contribution in [1.82, 2.24) is 15.5 Å². The number of nitrogens with zero attached hydrogens (tertiary/aromatic N) is 2. The molecule has 4 aromatic heterocycles. The first-order valence-corrected chi connectivity index (χ1v) is 8.66. The number of carbonyl (C=O) groups excluding carboxylic acids is 1. The Bertz CT molecular complexity index is 1020. The zero-order valence-electron chi connectivity index (χ0n) is 13.6. The van der Waals surface area contributed by atoms with Gasteiger partial charge >= 0.3 is 0 Å². The summed E-state index contributed by atoms with van der Waals surface area (Å²) in [6.07, 6.45) is 1.56. The Kier molecular flexibility index (Phi) is 3.85. The van der Waals surface area contributed by atoms with Crippen LogP contribution < -0.4 is 5.32 Å². The lowest BCUT2D eigenvalue weighted by Crippen LogP contribution is -2.26. The molecule has 1 amide bonds. The van der Waals surface area contributed by atoms with Crippen molar-refractivity contribution >= 4 is 28.3 Å². The Balaban J connectivity index is 1.76. The number of aromatic nitrogens is 2. The number of hydrogen-bond donors (Lipinski definition) is 1. The van der Waals surface area contributed by atoms with Crippen molar-refractivity contribution in [2.24, 2.45) is 0 Å². The third kappa shape index (κ3) is 2.83. The minimum Gasteiger partial charge on any atom is -0.463 e. The first-order chi connectivity index (χ1) is 12.1. The van der Waals surface area contributed by atoms with E-state index in [0.29, 0.717) is 33.8 Å². The molecule has 6 nitrogen and oxygen atoms in total. The van der Waals surface area contributed by atoms with Crippen LogP contribution >= 0.6 is 11.3 Å². The zero-order chi connectivity index (χ0) is 17.4. The van der Waals surface area contributed by atoms with Gasteiger partial charge in [-0.3, -0.25) is 4.79 Å². The van der Waals surface area contributed by atoms with Crippen molar-refractivity contribution in [2.75, 3.05) is 0 Å². The molecule has 0 spiro atoms. The van der Waals surface area contributed by atoms with E-state index in [-0.39, 0.29) is 11.9 Å². The highest BCUT2D eigenvalue weighted by atomic mass is 32.1. The Morgan fingerprint density at radius 2 is 2.20 bits per heavy atom. The highest BCUT2D eigenvalue weighted by Gasteiger charge is 2.21. The van der Waals surface area contributed by atoms with E-state index in [2.05, 4.69) is 15.5 Å². The topological polar surface area (TPSA) is 81.2 Å². The number of furan rings is 1. The molecular weight excluding hydrogens is 338 g/mol. The summed E-state index contributed by atoms with van der Waals surface area (Å²) in [6.45, 7) is 3.75. The van der Waals surface area contributed by atoms with Crippen molar-refractivity contribution in [3.05, 3.63) is 58.1 Å². The maximum atomic E-state index is 12.9. The summed E-state index contributed by atoms with van der Waals surface area (Å²) in [4.78, 5) is 18.4. The molecule has 0 radical (unpaired) electrons. The molecule has 0 saturated heterocycles. The number of carbonyl (C=O) groups is 1. The van der Waals surface area contributed by atoms with Gasteiger partial charge < -0.3 is 14.3 Å². The summed E-state index contributed by atoms with van der Waals surface area (Å²) in [5.74, 6) is 0.365. The first-order valence-electron chi connectivity index (χ1n) is 7.78. The van der Waals surface area contributed by atoms with Gasteiger partial charge in [0, 0.05) is 4.88 Å². The molecule has 4 rings (SSSR count). The second kappa shape index (κ2) is 6.18. The van der Waals surface area contributed by atoms with E-state index in [9.17, 15) is 4.79 Å². The quantitative estimate of drug-likeness (QED) is 0.590. The predicted molar refractivity (Wildman–Crippen MR) is 94.4 cm³/mol. The lowest BCUT2D eigenvalue weighted by atomic mass is 10.1. The molecular formula is C18H15N3O3S. The average Bonchev–Trinajstić information content (AvgIpc) is 3.36. The molecule has 0 aliphatic carbocycles. The molecule has 25 heavy (non-hydrogen) atoms. The van der Waals surface area contributed by atoms with Gasteiger partial charge in [-0.05, 0) is 43.5 Å². The second-order valence-electron chi connectivity index (χ2n) is 5.69. The number of aryl methyl sites for hydroxylation is 1. The van der Waals surface area contributed by atoms with Gasteiger partial charge in [0.1, 0.15) is 5.69 Å². The maximum Gasteiger partial charge on any atom is 0.259 e. The minimum absolute atomic E-state index is 0.0945. The maximum absolute atomic E-state index is 12.9. The molecule has 4 heterocycles. The van der Waals surface area contributed by atoms with Crippen LogP contribution in [0.1, 0.15) is 33.9 Å². The van der Waals surface area contributed by atoms with Crippen LogP contribution in [0.2, 0.25) is 0 Å². The lowest BCUT2D eigenvalue weighted by Gasteiger charge is -2.13. The fraction of sp³-hybridized carbons (Fsp3) is 0.167. The SMILES string of the molecule is Cc1noc2nc(-c3ccco3)cc(C(=O)NC(C)c3cccs3)c12. The van der Waals surface area contributed by atoms with E-state index in [4.69, 9.17) is 8.94 Å². The van der Waals surface area contributed by atoms with Crippen molar-refractivity contribution in [3.8, 4) is 11.5 Å². The Hall–Kier alpha value is -2.93. The van der Waals surface area contributed by atoms with Crippen LogP contribution in [0.15, 0.2) is 50.9 Å². The van der Waals surface area contributed by atoms with Crippen LogP contribution in [0, 0.1) is 6.92 Å². The van der Waals surface area contributed by atoms with Gasteiger partial charge in [-0.1, -0.05) is 11.2 Å². The standard InChI is InChI=1S/C18H15N3O3S/c1-10(15-6-4-8-25-15)19-17(22)12-9-13(14-5-3-7-23-14)20-18-16(12)11(2)21-24-18/h3-10H,1-2H3,(H,19,22). The van der Waals surface area contributed by atoms with Gasteiger partial charge in [-0.2, -0.15) is 0 Å². The largest absolute Gasteiger partial charge is 0.463 e. The van der Waals surface area contributed by atoms with Gasteiger partial charge in [-0.15, -0.1) is 11.3 Å². The van der Waals surface area contributed by atoms with Crippen LogP contribution in [0.5, 0.6) is 0 Å². The molecule has 126 valence electrons. The summed E-state index contributed by atoms with van der Waals surface area (Å²) >= 11 is 1.60. The molecule has 1 N–H and O–H groups in total. The van der Waals surface area contributed by atoms with E-state index in [1.807, 2.05) is 24.4 Å². The highest BCUT2D eigenvalue weighted by Crippen LogP contribution is 2.28. The third-order valence-corrected chi connectivity index (χ3v) is 5.01. The minimum atomic E-state index is -0.201. The molecule has 4 aromatic rings. The number of fused-ring (bicyclic) bond motifs is 1. The van der Waals surface area contributed by atoms with Crippen molar-refractivity contribution < 1.29 is 13.7 Å². The average molecular weight is 353 g/mol. The summed E-state index contributed by atoms with van der Waals surface area (Å²) in [7, 11) is 0. The smallest absolute Gasteiger partial charge is 0.259 e. The molecule has 1 atom stereocenters. The van der Waals surface area contributed by atoms with Gasteiger partial charge in [0.05, 0.1) is 28.9 Å². The van der Waals surface area contributed by atoms with Crippen molar-refractivity contribution in [3.63, 3.8) is 0 Å². The summed E-state index contributed by atoms with van der Waals surface area (Å²) in [5.41, 5.74) is 1.95. The van der Waals surface area contributed by atoms with E-state index in [0.717, 1.165) is 4.88 Å². The lowest BCUT2D eigenvalue weighted by molar-refractivity contribution is 0.0942. The Labute approximate surface area is 147 Å². The van der Waals surface area contributed by atoms with Crippen molar-refractivity contribution in [2.45, 2.75) is 19.9 Å². The molecule has 0 aliphatic heterocycles. The third-order valence-electron chi connectivity index (χ3n) is 3.95. The zero-order valence-corrected chi connectivity index (χ0v) is 14.5. The fourth-order valence-corrected chi connectivity index (χ4v) is 3.44. The van der Waals surface area contributed by atoms with Gasteiger partial charge in [0.15, 0.2) is 5.76 Å².